The Hall–Kier alpha value is -1.79. The Morgan fingerprint density at radius 3 is 2.43 bits per heavy atom. The summed E-state index contributed by atoms with van der Waals surface area (Å²) in [6.45, 7) is 0.107. The van der Waals surface area contributed by atoms with Gasteiger partial charge in [-0.1, -0.05) is 0 Å². The quantitative estimate of drug-likeness (QED) is 0.482. The highest BCUT2D eigenvalue weighted by atomic mass is 16.5. The first-order valence-electron chi connectivity index (χ1n) is 3.93. The molecule has 0 fully saturated rings. The summed E-state index contributed by atoms with van der Waals surface area (Å²) in [7, 11) is 0. The Bertz CT molecular complexity index is 228. The van der Waals surface area contributed by atoms with Crippen LogP contribution in [0.3, 0.4) is 0 Å². The second-order valence-corrected chi connectivity index (χ2v) is 2.41. The SMILES string of the molecule is NC(=O)OCCNC(=O)CCC(=O)O. The molecular formula is C7H12N2O5. The van der Waals surface area contributed by atoms with Crippen LogP contribution >= 0.6 is 0 Å². The van der Waals surface area contributed by atoms with E-state index in [0.29, 0.717) is 0 Å². The number of carbonyl (C=O) groups is 3. The molecule has 0 spiro atoms. The van der Waals surface area contributed by atoms with Gasteiger partial charge in [0.25, 0.3) is 0 Å². The molecule has 0 saturated heterocycles. The second-order valence-electron chi connectivity index (χ2n) is 2.41. The summed E-state index contributed by atoms with van der Waals surface area (Å²) in [6, 6.07) is 0. The predicted molar refractivity (Wildman–Crippen MR) is 45.4 cm³/mol. The Balaban J connectivity index is 3.36. The standard InChI is InChI=1S/C7H12N2O5/c8-7(13)14-4-3-9-5(10)1-2-6(11)12/h1-4H2,(H2,8,13)(H,9,10)(H,11,12). The number of primary amides is 1. The maximum atomic E-state index is 10.8. The van der Waals surface area contributed by atoms with E-state index < -0.39 is 18.0 Å². The molecule has 0 unspecified atom stereocenters. The van der Waals surface area contributed by atoms with E-state index in [0.717, 1.165) is 0 Å². The summed E-state index contributed by atoms with van der Waals surface area (Å²) in [4.78, 5) is 31.0. The van der Waals surface area contributed by atoms with Gasteiger partial charge in [0, 0.05) is 6.42 Å². The van der Waals surface area contributed by atoms with Crippen molar-refractivity contribution in [2.75, 3.05) is 13.2 Å². The summed E-state index contributed by atoms with van der Waals surface area (Å²) in [6.07, 6.45) is -1.22. The topological polar surface area (TPSA) is 119 Å². The second kappa shape index (κ2) is 6.70. The van der Waals surface area contributed by atoms with Crippen LogP contribution in [-0.4, -0.2) is 36.2 Å². The van der Waals surface area contributed by atoms with Crippen LogP contribution in [0.1, 0.15) is 12.8 Å². The highest BCUT2D eigenvalue weighted by Gasteiger charge is 2.04. The van der Waals surface area contributed by atoms with Gasteiger partial charge in [0.1, 0.15) is 6.61 Å². The van der Waals surface area contributed by atoms with E-state index in [9.17, 15) is 14.4 Å². The van der Waals surface area contributed by atoms with Gasteiger partial charge in [-0.15, -0.1) is 0 Å². The number of hydrogen-bond acceptors (Lipinski definition) is 4. The number of amides is 2. The summed E-state index contributed by atoms with van der Waals surface area (Å²) >= 11 is 0. The van der Waals surface area contributed by atoms with E-state index in [4.69, 9.17) is 5.11 Å². The third kappa shape index (κ3) is 8.31. The predicted octanol–water partition coefficient (Wildman–Crippen LogP) is -0.937. The number of carboxylic acids is 1. The molecule has 0 aliphatic carbocycles. The molecule has 7 heteroatoms. The fraction of sp³-hybridized carbons (Fsp3) is 0.571. The van der Waals surface area contributed by atoms with Gasteiger partial charge in [0.05, 0.1) is 13.0 Å². The minimum Gasteiger partial charge on any atom is -0.481 e. The average Bonchev–Trinajstić information content (AvgIpc) is 2.08. The van der Waals surface area contributed by atoms with Gasteiger partial charge in [-0.2, -0.15) is 0 Å². The van der Waals surface area contributed by atoms with Crippen molar-refractivity contribution >= 4 is 18.0 Å². The van der Waals surface area contributed by atoms with Crippen LogP contribution in [0, 0.1) is 0 Å². The molecule has 2 amide bonds. The van der Waals surface area contributed by atoms with Crippen LogP contribution in [-0.2, 0) is 14.3 Å². The summed E-state index contributed by atoms with van der Waals surface area (Å²) in [5.74, 6) is -1.44. The number of ether oxygens (including phenoxy) is 1. The fourth-order valence-electron chi connectivity index (χ4n) is 0.651. The number of rotatable bonds is 6. The zero-order valence-electron chi connectivity index (χ0n) is 7.49. The van der Waals surface area contributed by atoms with Gasteiger partial charge in [0.15, 0.2) is 0 Å². The zero-order valence-corrected chi connectivity index (χ0v) is 7.49. The van der Waals surface area contributed by atoms with Crippen LogP contribution in [0.2, 0.25) is 0 Å². The maximum Gasteiger partial charge on any atom is 0.404 e. The molecule has 80 valence electrons. The number of nitrogens with one attached hydrogen (secondary N) is 1. The molecule has 14 heavy (non-hydrogen) atoms. The van der Waals surface area contributed by atoms with Gasteiger partial charge in [-0.05, 0) is 0 Å². The van der Waals surface area contributed by atoms with Crippen LogP contribution in [0.5, 0.6) is 0 Å². The molecule has 0 bridgehead atoms. The van der Waals surface area contributed by atoms with E-state index in [1.54, 1.807) is 0 Å². The number of nitrogens with two attached hydrogens (primary N) is 1. The Morgan fingerprint density at radius 2 is 1.93 bits per heavy atom. The van der Waals surface area contributed by atoms with Gasteiger partial charge in [-0.3, -0.25) is 9.59 Å². The van der Waals surface area contributed by atoms with Gasteiger partial charge in [0.2, 0.25) is 5.91 Å². The lowest BCUT2D eigenvalue weighted by atomic mass is 10.3. The molecule has 0 aromatic carbocycles. The van der Waals surface area contributed by atoms with Gasteiger partial charge >= 0.3 is 12.1 Å². The Kier molecular flexibility index (Phi) is 5.84. The molecule has 0 aromatic heterocycles. The minimum atomic E-state index is -1.03. The van der Waals surface area contributed by atoms with E-state index in [2.05, 4.69) is 15.8 Å². The molecule has 0 atom stereocenters. The Labute approximate surface area is 80.2 Å². The van der Waals surface area contributed by atoms with Crippen molar-refractivity contribution in [3.05, 3.63) is 0 Å². The number of aliphatic carboxylic acids is 1. The van der Waals surface area contributed by atoms with Crippen molar-refractivity contribution < 1.29 is 24.2 Å². The van der Waals surface area contributed by atoms with Crippen LogP contribution in [0.4, 0.5) is 4.79 Å². The number of carboxylic acid groups (broad SMARTS) is 1. The lowest BCUT2D eigenvalue weighted by Crippen LogP contribution is -2.29. The Morgan fingerprint density at radius 1 is 1.29 bits per heavy atom. The molecule has 0 aromatic rings. The third-order valence-electron chi connectivity index (χ3n) is 1.23. The highest BCUT2D eigenvalue weighted by Crippen LogP contribution is 1.87. The van der Waals surface area contributed by atoms with Crippen LogP contribution < -0.4 is 11.1 Å². The molecule has 7 nitrogen and oxygen atoms in total. The molecule has 0 radical (unpaired) electrons. The monoisotopic (exact) mass is 204 g/mol. The molecular weight excluding hydrogens is 192 g/mol. The lowest BCUT2D eigenvalue weighted by Gasteiger charge is -2.03. The average molecular weight is 204 g/mol. The smallest absolute Gasteiger partial charge is 0.404 e. The van der Waals surface area contributed by atoms with Crippen molar-refractivity contribution in [1.82, 2.24) is 5.32 Å². The van der Waals surface area contributed by atoms with Crippen molar-refractivity contribution in [2.24, 2.45) is 5.73 Å². The van der Waals surface area contributed by atoms with Gasteiger partial charge in [-0.25, -0.2) is 4.79 Å². The first-order valence-corrected chi connectivity index (χ1v) is 3.93. The van der Waals surface area contributed by atoms with E-state index in [-0.39, 0.29) is 26.0 Å². The van der Waals surface area contributed by atoms with Crippen molar-refractivity contribution in [3.63, 3.8) is 0 Å². The first kappa shape index (κ1) is 12.2. The van der Waals surface area contributed by atoms with Crippen LogP contribution in [0.25, 0.3) is 0 Å². The van der Waals surface area contributed by atoms with Crippen molar-refractivity contribution in [1.29, 1.82) is 0 Å². The highest BCUT2D eigenvalue weighted by molar-refractivity contribution is 5.80. The zero-order chi connectivity index (χ0) is 11.0. The fourth-order valence-corrected chi connectivity index (χ4v) is 0.651. The number of carbonyl (C=O) groups excluding carboxylic acids is 2. The molecule has 0 saturated carbocycles. The molecule has 0 heterocycles. The summed E-state index contributed by atoms with van der Waals surface area (Å²) in [5, 5.41) is 10.6. The van der Waals surface area contributed by atoms with Gasteiger partial charge < -0.3 is 20.9 Å². The van der Waals surface area contributed by atoms with E-state index >= 15 is 0 Å². The van der Waals surface area contributed by atoms with E-state index in [1.165, 1.54) is 0 Å². The largest absolute Gasteiger partial charge is 0.481 e. The number of hydrogen-bond donors (Lipinski definition) is 3. The molecule has 4 N–H and O–H groups in total. The summed E-state index contributed by atoms with van der Waals surface area (Å²) < 4.78 is 4.33. The lowest BCUT2D eigenvalue weighted by molar-refractivity contribution is -0.138. The summed E-state index contributed by atoms with van der Waals surface area (Å²) in [5.41, 5.74) is 4.66. The third-order valence-corrected chi connectivity index (χ3v) is 1.23. The molecule has 0 aliphatic heterocycles. The van der Waals surface area contributed by atoms with Crippen LogP contribution in [0.15, 0.2) is 0 Å². The minimum absolute atomic E-state index is 0.0197. The van der Waals surface area contributed by atoms with E-state index in [1.807, 2.05) is 0 Å². The van der Waals surface area contributed by atoms with Crippen molar-refractivity contribution in [2.45, 2.75) is 12.8 Å². The maximum absolute atomic E-state index is 10.8. The molecule has 0 rings (SSSR count). The normalized spacial score (nSPS) is 9.14. The molecule has 0 aliphatic rings. The van der Waals surface area contributed by atoms with Crippen molar-refractivity contribution in [3.8, 4) is 0 Å². The first-order chi connectivity index (χ1) is 6.52.